The first-order valence-corrected chi connectivity index (χ1v) is 26.9. The van der Waals surface area contributed by atoms with Crippen molar-refractivity contribution < 1.29 is 28.6 Å². The minimum absolute atomic E-state index is 0.108. The van der Waals surface area contributed by atoms with E-state index in [-0.39, 0.29) is 37.5 Å². The van der Waals surface area contributed by atoms with Gasteiger partial charge < -0.3 is 14.2 Å². The van der Waals surface area contributed by atoms with Gasteiger partial charge in [0, 0.05) is 19.3 Å². The average Bonchev–Trinajstić information content (AvgIpc) is 3.31. The van der Waals surface area contributed by atoms with E-state index in [1.807, 2.05) is 0 Å². The van der Waals surface area contributed by atoms with Crippen LogP contribution in [0.4, 0.5) is 0 Å². The molecule has 374 valence electrons. The van der Waals surface area contributed by atoms with Crippen molar-refractivity contribution in [3.8, 4) is 0 Å². The summed E-state index contributed by atoms with van der Waals surface area (Å²) in [6.45, 7) is 6.38. The molecule has 6 heteroatoms. The van der Waals surface area contributed by atoms with Gasteiger partial charge in [-0.3, -0.25) is 14.4 Å². The Labute approximate surface area is 406 Å². The van der Waals surface area contributed by atoms with Crippen LogP contribution in [0.1, 0.15) is 233 Å². The second-order valence-corrected chi connectivity index (χ2v) is 17.4. The molecule has 6 nitrogen and oxygen atoms in total. The van der Waals surface area contributed by atoms with Gasteiger partial charge in [0.25, 0.3) is 0 Å². The Kier molecular flexibility index (Phi) is 50.5. The first-order chi connectivity index (χ1) is 32.5. The molecule has 0 rings (SSSR count). The molecule has 0 unspecified atom stereocenters. The molecule has 0 aliphatic carbocycles. The fourth-order valence-electron chi connectivity index (χ4n) is 6.93. The number of rotatable bonds is 47. The van der Waals surface area contributed by atoms with E-state index in [1.165, 1.54) is 70.6 Å². The fraction of sp³-hybridized carbons (Fsp3) is 0.650. The fourth-order valence-corrected chi connectivity index (χ4v) is 6.93. The summed E-state index contributed by atoms with van der Waals surface area (Å²) in [5.41, 5.74) is 0. The predicted octanol–water partition coefficient (Wildman–Crippen LogP) is 17.9. The summed E-state index contributed by atoms with van der Waals surface area (Å²) in [5, 5.41) is 0. The largest absolute Gasteiger partial charge is 0.462 e. The molecule has 0 spiro atoms. The monoisotopic (exact) mass is 915 g/mol. The third-order valence-corrected chi connectivity index (χ3v) is 11.0. The molecule has 0 saturated carbocycles. The second-order valence-electron chi connectivity index (χ2n) is 17.4. The maximum absolute atomic E-state index is 12.8. The summed E-state index contributed by atoms with van der Waals surface area (Å²) in [6, 6.07) is 0. The van der Waals surface area contributed by atoms with Crippen LogP contribution in [0.15, 0.2) is 109 Å². The Morgan fingerprint density at radius 3 is 1.03 bits per heavy atom. The predicted molar refractivity (Wildman–Crippen MR) is 283 cm³/mol. The molecule has 0 aliphatic rings. The van der Waals surface area contributed by atoms with Gasteiger partial charge >= 0.3 is 17.9 Å². The zero-order valence-electron chi connectivity index (χ0n) is 42.7. The summed E-state index contributed by atoms with van der Waals surface area (Å²) in [7, 11) is 0. The highest BCUT2D eigenvalue weighted by Crippen LogP contribution is 2.13. The maximum atomic E-state index is 12.8. The third kappa shape index (κ3) is 51.1. The highest BCUT2D eigenvalue weighted by Gasteiger charge is 2.19. The smallest absolute Gasteiger partial charge is 0.306 e. The minimum atomic E-state index is -0.813. The quantitative estimate of drug-likeness (QED) is 0.0262. The normalized spacial score (nSPS) is 13.0. The van der Waals surface area contributed by atoms with Crippen molar-refractivity contribution in [3.63, 3.8) is 0 Å². The third-order valence-electron chi connectivity index (χ3n) is 11.0. The van der Waals surface area contributed by atoms with Gasteiger partial charge in [0.2, 0.25) is 0 Å². The number of unbranched alkanes of at least 4 members (excludes halogenated alkanes) is 18. The molecule has 0 aromatic rings. The van der Waals surface area contributed by atoms with E-state index in [0.29, 0.717) is 19.3 Å². The van der Waals surface area contributed by atoms with Gasteiger partial charge in [-0.25, -0.2) is 0 Å². The Bertz CT molecular complexity index is 1370. The number of carbonyl (C=O) groups is 3. The van der Waals surface area contributed by atoms with Crippen LogP contribution in [-0.4, -0.2) is 37.2 Å². The zero-order valence-corrected chi connectivity index (χ0v) is 42.7. The van der Waals surface area contributed by atoms with Crippen LogP contribution in [0, 0.1) is 0 Å². The van der Waals surface area contributed by atoms with Crippen molar-refractivity contribution in [2.75, 3.05) is 13.2 Å². The van der Waals surface area contributed by atoms with Gasteiger partial charge in [0.1, 0.15) is 13.2 Å². The van der Waals surface area contributed by atoms with Crippen LogP contribution < -0.4 is 0 Å². The lowest BCUT2D eigenvalue weighted by molar-refractivity contribution is -0.167. The van der Waals surface area contributed by atoms with Gasteiger partial charge in [0.05, 0.1) is 0 Å². The first-order valence-electron chi connectivity index (χ1n) is 26.9. The number of ether oxygens (including phenoxy) is 3. The summed E-state index contributed by atoms with van der Waals surface area (Å²) in [6.07, 6.45) is 72.1. The SMILES string of the molecule is CC/C=C/C/C=C/C/C=C/C/C=C/C/C=C/CCCC(=O)OC[C@@H](COC(=O)CCCCCCC/C=C/C/C=C/CCCC)OC(=O)CCCCCCCCC/C=C/C/C=C/CCCCC. The molecule has 0 radical (unpaired) electrons. The highest BCUT2D eigenvalue weighted by atomic mass is 16.6. The van der Waals surface area contributed by atoms with Crippen LogP contribution >= 0.6 is 0 Å². The summed E-state index contributed by atoms with van der Waals surface area (Å²) in [5.74, 6) is -0.993. The summed E-state index contributed by atoms with van der Waals surface area (Å²) in [4.78, 5) is 38.0. The van der Waals surface area contributed by atoms with Crippen molar-refractivity contribution in [2.24, 2.45) is 0 Å². The van der Waals surface area contributed by atoms with Gasteiger partial charge in [-0.15, -0.1) is 0 Å². The Hall–Kier alpha value is -3.93. The van der Waals surface area contributed by atoms with E-state index < -0.39 is 6.10 Å². The Morgan fingerprint density at radius 2 is 0.621 bits per heavy atom. The van der Waals surface area contributed by atoms with Crippen molar-refractivity contribution in [2.45, 2.75) is 239 Å². The standard InChI is InChI=1S/C60H98O6/c1-4-7-10-13-16-19-22-25-28-30-32-35-38-41-44-47-50-53-59(62)65-56-57(55-64-58(61)52-49-46-43-40-37-34-27-24-21-18-15-12-9-6-3)66-60(63)54-51-48-45-42-39-36-33-31-29-26-23-20-17-14-11-8-5-2/h7,10,15-20,24-29,32,35,41,44,57H,4-6,8-9,11-14,21-23,30-31,33-34,36-40,42-43,45-56H2,1-3H3/b10-7+,18-15+,19-16+,20-17+,27-24+,28-25+,29-26+,35-32+,44-41+/t57-/m1/s1. The van der Waals surface area contributed by atoms with Crippen molar-refractivity contribution in [1.82, 2.24) is 0 Å². The number of esters is 3. The minimum Gasteiger partial charge on any atom is -0.462 e. The van der Waals surface area contributed by atoms with Crippen LogP contribution in [0.25, 0.3) is 0 Å². The maximum Gasteiger partial charge on any atom is 0.306 e. The molecule has 0 saturated heterocycles. The summed E-state index contributed by atoms with van der Waals surface area (Å²) >= 11 is 0. The number of hydrogen-bond donors (Lipinski definition) is 0. The molecular weight excluding hydrogens is 817 g/mol. The highest BCUT2D eigenvalue weighted by molar-refractivity contribution is 5.71. The molecule has 0 heterocycles. The number of hydrogen-bond acceptors (Lipinski definition) is 6. The Morgan fingerprint density at radius 1 is 0.318 bits per heavy atom. The molecule has 0 aromatic heterocycles. The van der Waals surface area contributed by atoms with E-state index >= 15 is 0 Å². The number of allylic oxidation sites excluding steroid dienone is 18. The Balaban J connectivity index is 4.52. The van der Waals surface area contributed by atoms with Gasteiger partial charge in [-0.1, -0.05) is 207 Å². The lowest BCUT2D eigenvalue weighted by atomic mass is 10.1. The van der Waals surface area contributed by atoms with E-state index in [0.717, 1.165) is 116 Å². The molecule has 0 N–H and O–H groups in total. The second kappa shape index (κ2) is 53.7. The van der Waals surface area contributed by atoms with Crippen LogP contribution in [-0.2, 0) is 28.6 Å². The van der Waals surface area contributed by atoms with Gasteiger partial charge in [-0.2, -0.15) is 0 Å². The molecule has 0 aliphatic heterocycles. The van der Waals surface area contributed by atoms with Crippen molar-refractivity contribution in [1.29, 1.82) is 0 Å². The topological polar surface area (TPSA) is 78.9 Å². The molecular formula is C60H98O6. The van der Waals surface area contributed by atoms with E-state index in [4.69, 9.17) is 14.2 Å². The summed E-state index contributed by atoms with van der Waals surface area (Å²) < 4.78 is 16.8. The van der Waals surface area contributed by atoms with E-state index in [9.17, 15) is 14.4 Å². The average molecular weight is 915 g/mol. The van der Waals surface area contributed by atoms with E-state index in [2.05, 4.69) is 130 Å². The molecule has 0 aromatic carbocycles. The number of carbonyl (C=O) groups excluding carboxylic acids is 3. The van der Waals surface area contributed by atoms with Crippen LogP contribution in [0.3, 0.4) is 0 Å². The molecule has 0 amide bonds. The van der Waals surface area contributed by atoms with Crippen LogP contribution in [0.5, 0.6) is 0 Å². The van der Waals surface area contributed by atoms with Crippen LogP contribution in [0.2, 0.25) is 0 Å². The van der Waals surface area contributed by atoms with Crippen molar-refractivity contribution in [3.05, 3.63) is 109 Å². The lowest BCUT2D eigenvalue weighted by Crippen LogP contribution is -2.30. The van der Waals surface area contributed by atoms with Crippen molar-refractivity contribution >= 4 is 17.9 Å². The zero-order chi connectivity index (χ0) is 47.9. The molecule has 66 heavy (non-hydrogen) atoms. The molecule has 0 bridgehead atoms. The first kappa shape index (κ1) is 62.1. The lowest BCUT2D eigenvalue weighted by Gasteiger charge is -2.18. The van der Waals surface area contributed by atoms with E-state index in [1.54, 1.807) is 0 Å². The van der Waals surface area contributed by atoms with Gasteiger partial charge in [0.15, 0.2) is 6.10 Å². The van der Waals surface area contributed by atoms with Gasteiger partial charge in [-0.05, 0) is 116 Å². The molecule has 1 atom stereocenters. The molecule has 0 fully saturated rings.